The van der Waals surface area contributed by atoms with E-state index in [9.17, 15) is 4.79 Å². The first kappa shape index (κ1) is 33.4. The van der Waals surface area contributed by atoms with Crippen LogP contribution in [0, 0.1) is 5.41 Å². The van der Waals surface area contributed by atoms with Crippen molar-refractivity contribution in [3.8, 4) is 0 Å². The maximum absolute atomic E-state index is 12.3. The lowest BCUT2D eigenvalue weighted by Crippen LogP contribution is -2.64. The predicted molar refractivity (Wildman–Crippen MR) is 143 cm³/mol. The van der Waals surface area contributed by atoms with Gasteiger partial charge in [0.2, 0.25) is 0 Å². The van der Waals surface area contributed by atoms with Crippen molar-refractivity contribution in [2.24, 2.45) is 5.41 Å². The van der Waals surface area contributed by atoms with Gasteiger partial charge >= 0.3 is 5.97 Å². The van der Waals surface area contributed by atoms with Gasteiger partial charge in [0.25, 0.3) is 0 Å². The van der Waals surface area contributed by atoms with E-state index in [0.29, 0.717) is 65.9 Å². The highest BCUT2D eigenvalue weighted by atomic mass is 16.7. The fourth-order valence-corrected chi connectivity index (χ4v) is 5.10. The number of hydrogen-bond donors (Lipinski definition) is 0. The minimum absolute atomic E-state index is 0.162. The topological polar surface area (TPSA) is 94.2 Å². The highest BCUT2D eigenvalue weighted by molar-refractivity contribution is 5.69. The maximum atomic E-state index is 12.3. The first-order valence-electron chi connectivity index (χ1n) is 14.3. The van der Waals surface area contributed by atoms with E-state index >= 15 is 0 Å². The lowest BCUT2D eigenvalue weighted by atomic mass is 9.81. The molecule has 0 bridgehead atoms. The lowest BCUT2D eigenvalue weighted by molar-refractivity contribution is -0.365. The lowest BCUT2D eigenvalue weighted by Gasteiger charge is -2.55. The fraction of sp³-hybridized carbons (Fsp3) is 0.964. The van der Waals surface area contributed by atoms with Crippen molar-refractivity contribution in [1.82, 2.24) is 5.06 Å². The first-order chi connectivity index (χ1) is 18.2. The minimum atomic E-state index is -0.634. The number of ether oxygens (including phenoxy) is 7. The van der Waals surface area contributed by atoms with Gasteiger partial charge < -0.3 is 38.0 Å². The van der Waals surface area contributed by atoms with Crippen molar-refractivity contribution < 1.29 is 42.8 Å². The van der Waals surface area contributed by atoms with Crippen LogP contribution in [-0.4, -0.2) is 108 Å². The van der Waals surface area contributed by atoms with Gasteiger partial charge in [0.15, 0.2) is 5.79 Å². The average molecular weight is 548 g/mol. The van der Waals surface area contributed by atoms with E-state index < -0.39 is 5.79 Å². The smallest absolute Gasteiger partial charge is 0.308 e. The van der Waals surface area contributed by atoms with Crippen molar-refractivity contribution in [1.29, 1.82) is 0 Å². The van der Waals surface area contributed by atoms with Gasteiger partial charge in [-0.25, -0.2) is 0 Å². The Kier molecular flexibility index (Phi) is 15.0. The molecular formula is C28H53NO9. The Hall–Kier alpha value is -0.850. The fourth-order valence-electron chi connectivity index (χ4n) is 5.10. The van der Waals surface area contributed by atoms with Crippen LogP contribution in [0.15, 0.2) is 0 Å². The zero-order valence-electron chi connectivity index (χ0n) is 24.7. The molecule has 2 saturated heterocycles. The van der Waals surface area contributed by atoms with Crippen molar-refractivity contribution in [3.63, 3.8) is 0 Å². The van der Waals surface area contributed by atoms with Gasteiger partial charge in [0.1, 0.15) is 6.61 Å². The molecule has 0 aromatic rings. The zero-order valence-corrected chi connectivity index (χ0v) is 24.7. The van der Waals surface area contributed by atoms with Gasteiger partial charge in [-0.3, -0.25) is 4.79 Å². The van der Waals surface area contributed by atoms with Gasteiger partial charge in [-0.15, -0.1) is 0 Å². The maximum Gasteiger partial charge on any atom is 0.308 e. The summed E-state index contributed by atoms with van der Waals surface area (Å²) in [5, 5.41) is 2.02. The summed E-state index contributed by atoms with van der Waals surface area (Å²) < 4.78 is 40.2. The third kappa shape index (κ3) is 11.0. The van der Waals surface area contributed by atoms with E-state index in [0.717, 1.165) is 32.3 Å². The summed E-state index contributed by atoms with van der Waals surface area (Å²) in [6.07, 6.45) is 4.65. The second-order valence-electron chi connectivity index (χ2n) is 11.1. The third-order valence-electron chi connectivity index (χ3n) is 7.28. The molecule has 2 fully saturated rings. The standard InChI is InChI=1S/C28H53NO9/c1-7-9-11-32-13-15-34-17-18-35-16-14-33-12-10-25(30)36-21-27(8-2)22-37-28(38-23-27)19-24(3)29(31-6)26(4,5)20-28/h24H,7-23H2,1-6H3. The Bertz CT molecular complexity index is 652. The minimum Gasteiger partial charge on any atom is -0.465 e. The van der Waals surface area contributed by atoms with Crippen molar-refractivity contribution >= 4 is 5.97 Å². The molecule has 10 heteroatoms. The summed E-state index contributed by atoms with van der Waals surface area (Å²) in [5.41, 5.74) is -0.558. The number of hydroxylamine groups is 2. The number of rotatable bonds is 19. The molecule has 0 amide bonds. The van der Waals surface area contributed by atoms with Crippen LogP contribution in [0.1, 0.15) is 73.1 Å². The molecule has 1 atom stereocenters. The van der Waals surface area contributed by atoms with Crippen LogP contribution in [-0.2, 0) is 42.8 Å². The highest BCUT2D eigenvalue weighted by Crippen LogP contribution is 2.45. The van der Waals surface area contributed by atoms with Crippen LogP contribution in [0.3, 0.4) is 0 Å². The normalized spacial score (nSPS) is 27.6. The molecule has 0 aromatic heterocycles. The van der Waals surface area contributed by atoms with Gasteiger partial charge in [-0.1, -0.05) is 20.3 Å². The summed E-state index contributed by atoms with van der Waals surface area (Å²) in [4.78, 5) is 17.9. The Morgan fingerprint density at radius 2 is 1.45 bits per heavy atom. The summed E-state index contributed by atoms with van der Waals surface area (Å²) in [6.45, 7) is 16.1. The predicted octanol–water partition coefficient (Wildman–Crippen LogP) is 3.75. The molecule has 0 aromatic carbocycles. The SMILES string of the molecule is CCCCOCCOCCOCCOCCC(=O)OCC1(CC)COC2(CC(C)N(OC)C(C)(C)C2)OC1. The van der Waals surface area contributed by atoms with E-state index in [1.165, 1.54) is 0 Å². The number of carbonyl (C=O) groups excluding carboxylic acids is 1. The summed E-state index contributed by atoms with van der Waals surface area (Å²) >= 11 is 0. The molecule has 0 saturated carbocycles. The van der Waals surface area contributed by atoms with E-state index in [-0.39, 0.29) is 36.0 Å². The Morgan fingerprint density at radius 1 is 0.895 bits per heavy atom. The quantitative estimate of drug-likeness (QED) is 0.176. The van der Waals surface area contributed by atoms with Crippen LogP contribution in [0.4, 0.5) is 0 Å². The van der Waals surface area contributed by atoms with Gasteiger partial charge in [0, 0.05) is 31.0 Å². The highest BCUT2D eigenvalue weighted by Gasteiger charge is 2.53. The van der Waals surface area contributed by atoms with Crippen LogP contribution in [0.2, 0.25) is 0 Å². The summed E-state index contributed by atoms with van der Waals surface area (Å²) in [5.74, 6) is -0.914. The molecule has 2 aliphatic heterocycles. The molecule has 10 nitrogen and oxygen atoms in total. The zero-order chi connectivity index (χ0) is 27.9. The molecule has 0 aliphatic carbocycles. The largest absolute Gasteiger partial charge is 0.465 e. The number of hydrogen-bond acceptors (Lipinski definition) is 10. The van der Waals surface area contributed by atoms with Crippen LogP contribution in [0.25, 0.3) is 0 Å². The van der Waals surface area contributed by atoms with Gasteiger partial charge in [-0.2, -0.15) is 5.06 Å². The summed E-state index contributed by atoms with van der Waals surface area (Å²) in [6, 6.07) is 0.162. The van der Waals surface area contributed by atoms with E-state index in [4.69, 9.17) is 38.0 Å². The van der Waals surface area contributed by atoms with Crippen LogP contribution in [0.5, 0.6) is 0 Å². The molecular weight excluding hydrogens is 494 g/mol. The molecule has 38 heavy (non-hydrogen) atoms. The molecule has 0 radical (unpaired) electrons. The number of carbonyl (C=O) groups is 1. The van der Waals surface area contributed by atoms with Crippen molar-refractivity contribution in [2.75, 3.05) is 79.8 Å². The molecule has 2 aliphatic rings. The second-order valence-corrected chi connectivity index (χ2v) is 11.1. The first-order valence-corrected chi connectivity index (χ1v) is 14.3. The number of esters is 1. The Morgan fingerprint density at radius 3 is 1.95 bits per heavy atom. The summed E-state index contributed by atoms with van der Waals surface area (Å²) in [7, 11) is 1.71. The second kappa shape index (κ2) is 17.1. The third-order valence-corrected chi connectivity index (χ3v) is 7.28. The Labute approximate surface area is 229 Å². The van der Waals surface area contributed by atoms with Crippen molar-refractivity contribution in [2.45, 2.75) is 90.5 Å². The molecule has 1 spiro atoms. The molecule has 2 heterocycles. The molecule has 2 rings (SSSR count). The van der Waals surface area contributed by atoms with E-state index in [1.807, 2.05) is 5.06 Å². The molecule has 1 unspecified atom stereocenters. The molecule has 224 valence electrons. The average Bonchev–Trinajstić information content (AvgIpc) is 2.88. The molecule has 0 N–H and O–H groups in total. The monoisotopic (exact) mass is 547 g/mol. The number of nitrogens with zero attached hydrogens (tertiary/aromatic N) is 1. The van der Waals surface area contributed by atoms with Gasteiger partial charge in [0.05, 0.1) is 78.4 Å². The van der Waals surface area contributed by atoms with Gasteiger partial charge in [-0.05, 0) is 33.6 Å². The number of unbranched alkanes of at least 4 members (excludes halogenated alkanes) is 1. The van der Waals surface area contributed by atoms with E-state index in [2.05, 4.69) is 34.6 Å². The van der Waals surface area contributed by atoms with E-state index in [1.54, 1.807) is 7.11 Å². The van der Waals surface area contributed by atoms with Crippen molar-refractivity contribution in [3.05, 3.63) is 0 Å². The van der Waals surface area contributed by atoms with Crippen LogP contribution >= 0.6 is 0 Å². The number of piperidine rings is 1. The van der Waals surface area contributed by atoms with Crippen LogP contribution < -0.4 is 0 Å². The Balaban J connectivity index is 1.54.